The van der Waals surface area contributed by atoms with Crippen LogP contribution in [-0.4, -0.2) is 67.3 Å². The summed E-state index contributed by atoms with van der Waals surface area (Å²) < 4.78 is 5.45. The van der Waals surface area contributed by atoms with E-state index in [0.717, 1.165) is 64.2 Å². The first-order chi connectivity index (χ1) is 13.7. The third-order valence-electron chi connectivity index (χ3n) is 7.73. The Morgan fingerprint density at radius 3 is 2.68 bits per heavy atom. The van der Waals surface area contributed by atoms with E-state index in [1.807, 2.05) is 0 Å². The summed E-state index contributed by atoms with van der Waals surface area (Å²) in [5.41, 5.74) is 2.58. The molecule has 1 saturated heterocycles. The molecular weight excluding hydrogens is 350 g/mol. The summed E-state index contributed by atoms with van der Waals surface area (Å²) in [5, 5.41) is 3.82. The summed E-state index contributed by atoms with van der Waals surface area (Å²) >= 11 is 0. The van der Waals surface area contributed by atoms with E-state index in [9.17, 15) is 4.79 Å². The highest BCUT2D eigenvalue weighted by Gasteiger charge is 2.45. The smallest absolute Gasteiger partial charge is 0.251 e. The molecule has 0 spiro atoms. The van der Waals surface area contributed by atoms with E-state index < -0.39 is 0 Å². The zero-order valence-electron chi connectivity index (χ0n) is 17.9. The van der Waals surface area contributed by atoms with Crippen molar-refractivity contribution in [3.63, 3.8) is 0 Å². The Balaban J connectivity index is 1.41. The number of nitrogens with one attached hydrogen (secondary N) is 1. The van der Waals surface area contributed by atoms with Crippen molar-refractivity contribution in [3.8, 4) is 0 Å². The van der Waals surface area contributed by atoms with Crippen LogP contribution in [0, 0.1) is 11.8 Å². The SMILES string of the molecule is C[C@H]1[C@H](C)CCC[C@@H]1N1C(=O)C2=C(CCCC2)[C@H]1NCCCN1CCOCC1. The minimum Gasteiger partial charge on any atom is -0.379 e. The summed E-state index contributed by atoms with van der Waals surface area (Å²) in [6, 6.07) is 0.401. The zero-order valence-corrected chi connectivity index (χ0v) is 17.9. The van der Waals surface area contributed by atoms with Gasteiger partial charge in [-0.05, 0) is 69.0 Å². The Morgan fingerprint density at radius 2 is 1.86 bits per heavy atom. The normalized spacial score (nSPS) is 34.8. The number of rotatable bonds is 6. The van der Waals surface area contributed by atoms with Crippen LogP contribution in [0.5, 0.6) is 0 Å². The molecule has 5 heteroatoms. The van der Waals surface area contributed by atoms with Crippen LogP contribution in [0.1, 0.15) is 65.2 Å². The highest BCUT2D eigenvalue weighted by Crippen LogP contribution is 2.41. The van der Waals surface area contributed by atoms with Crippen LogP contribution in [0.2, 0.25) is 0 Å². The first-order valence-electron chi connectivity index (χ1n) is 11.7. The van der Waals surface area contributed by atoms with Gasteiger partial charge < -0.3 is 9.64 Å². The van der Waals surface area contributed by atoms with Crippen LogP contribution in [0.25, 0.3) is 0 Å². The fourth-order valence-electron chi connectivity index (χ4n) is 5.79. The van der Waals surface area contributed by atoms with Gasteiger partial charge in [0.2, 0.25) is 0 Å². The molecule has 0 radical (unpaired) electrons. The first kappa shape index (κ1) is 20.4. The molecule has 158 valence electrons. The van der Waals surface area contributed by atoms with Gasteiger partial charge in [-0.15, -0.1) is 0 Å². The maximum absolute atomic E-state index is 13.4. The number of amides is 1. The molecule has 2 fully saturated rings. The Kier molecular flexibility index (Phi) is 6.74. The molecule has 1 saturated carbocycles. The van der Waals surface area contributed by atoms with Gasteiger partial charge in [-0.25, -0.2) is 0 Å². The summed E-state index contributed by atoms with van der Waals surface area (Å²) in [6.07, 6.45) is 9.55. The van der Waals surface area contributed by atoms with Crippen LogP contribution in [0.4, 0.5) is 0 Å². The van der Waals surface area contributed by atoms with Crippen molar-refractivity contribution in [3.05, 3.63) is 11.1 Å². The second-order valence-electron chi connectivity index (χ2n) is 9.42. The molecule has 0 bridgehead atoms. The number of morpholine rings is 1. The molecule has 0 aromatic carbocycles. The summed E-state index contributed by atoms with van der Waals surface area (Å²) in [5.74, 6) is 1.66. The summed E-state index contributed by atoms with van der Waals surface area (Å²) in [4.78, 5) is 18.2. The monoisotopic (exact) mass is 389 g/mol. The average Bonchev–Trinajstić information content (AvgIpc) is 3.00. The fraction of sp³-hybridized carbons (Fsp3) is 0.870. The lowest BCUT2D eigenvalue weighted by atomic mass is 9.77. The van der Waals surface area contributed by atoms with Gasteiger partial charge in [-0.1, -0.05) is 26.7 Å². The number of hydrogen-bond acceptors (Lipinski definition) is 4. The number of ether oxygens (including phenoxy) is 1. The number of hydrogen-bond donors (Lipinski definition) is 1. The number of nitrogens with zero attached hydrogens (tertiary/aromatic N) is 2. The van der Waals surface area contributed by atoms with E-state index in [4.69, 9.17) is 4.74 Å². The standard InChI is InChI=1S/C23H39N3O2/c1-17-7-5-10-21(18(17)2)26-22(19-8-3-4-9-20(19)23(26)27)24-11-6-12-25-13-15-28-16-14-25/h17-18,21-22,24H,3-16H2,1-2H3/t17-,18+,21+,22+/m1/s1. The van der Waals surface area contributed by atoms with E-state index >= 15 is 0 Å². The average molecular weight is 390 g/mol. The second kappa shape index (κ2) is 9.27. The molecule has 2 heterocycles. The topological polar surface area (TPSA) is 44.8 Å². The minimum atomic E-state index is 0.158. The third kappa shape index (κ3) is 4.17. The highest BCUT2D eigenvalue weighted by atomic mass is 16.5. The van der Waals surface area contributed by atoms with Crippen molar-refractivity contribution in [2.75, 3.05) is 39.4 Å². The lowest BCUT2D eigenvalue weighted by Crippen LogP contribution is -2.54. The molecule has 2 aliphatic heterocycles. The van der Waals surface area contributed by atoms with Crippen molar-refractivity contribution in [1.29, 1.82) is 0 Å². The molecule has 5 nitrogen and oxygen atoms in total. The molecule has 1 N–H and O–H groups in total. The van der Waals surface area contributed by atoms with Gasteiger partial charge in [0, 0.05) is 24.7 Å². The Labute approximate surface area is 170 Å². The van der Waals surface area contributed by atoms with Gasteiger partial charge in [-0.3, -0.25) is 15.0 Å². The quantitative estimate of drug-likeness (QED) is 0.709. The van der Waals surface area contributed by atoms with Crippen molar-refractivity contribution in [2.45, 2.75) is 77.4 Å². The molecule has 28 heavy (non-hydrogen) atoms. The minimum absolute atomic E-state index is 0.158. The molecule has 1 amide bonds. The highest BCUT2D eigenvalue weighted by molar-refractivity contribution is 5.98. The Morgan fingerprint density at radius 1 is 1.07 bits per heavy atom. The van der Waals surface area contributed by atoms with Crippen molar-refractivity contribution in [1.82, 2.24) is 15.1 Å². The van der Waals surface area contributed by atoms with Gasteiger partial charge in [0.25, 0.3) is 5.91 Å². The number of carbonyl (C=O) groups excluding carboxylic acids is 1. The maximum atomic E-state index is 13.4. The van der Waals surface area contributed by atoms with Gasteiger partial charge in [0.05, 0.1) is 13.2 Å². The van der Waals surface area contributed by atoms with Gasteiger partial charge in [-0.2, -0.15) is 0 Å². The van der Waals surface area contributed by atoms with E-state index in [0.29, 0.717) is 23.8 Å². The van der Waals surface area contributed by atoms with Crippen LogP contribution in [-0.2, 0) is 9.53 Å². The van der Waals surface area contributed by atoms with Crippen LogP contribution in [0.3, 0.4) is 0 Å². The lowest BCUT2D eigenvalue weighted by molar-refractivity contribution is -0.132. The Hall–Kier alpha value is -0.910. The fourth-order valence-corrected chi connectivity index (χ4v) is 5.79. The molecule has 0 aromatic heterocycles. The predicted molar refractivity (Wildman–Crippen MR) is 112 cm³/mol. The largest absolute Gasteiger partial charge is 0.379 e. The molecule has 4 atom stereocenters. The van der Waals surface area contributed by atoms with Crippen LogP contribution in [0.15, 0.2) is 11.1 Å². The van der Waals surface area contributed by atoms with Crippen LogP contribution >= 0.6 is 0 Å². The van der Waals surface area contributed by atoms with E-state index in [2.05, 4.69) is 29.0 Å². The summed E-state index contributed by atoms with van der Waals surface area (Å²) in [6.45, 7) is 10.7. The number of carbonyl (C=O) groups is 1. The van der Waals surface area contributed by atoms with Crippen molar-refractivity contribution < 1.29 is 9.53 Å². The lowest BCUT2D eigenvalue weighted by Gasteiger charge is -2.43. The second-order valence-corrected chi connectivity index (χ2v) is 9.42. The molecular formula is C23H39N3O2. The maximum Gasteiger partial charge on any atom is 0.251 e. The molecule has 2 aliphatic carbocycles. The first-order valence-corrected chi connectivity index (χ1v) is 11.7. The molecule has 0 unspecified atom stereocenters. The molecule has 0 aromatic rings. The molecule has 4 rings (SSSR count). The van der Waals surface area contributed by atoms with E-state index in [1.165, 1.54) is 37.7 Å². The van der Waals surface area contributed by atoms with Gasteiger partial charge in [0.1, 0.15) is 6.17 Å². The van der Waals surface area contributed by atoms with E-state index in [1.54, 1.807) is 0 Å². The van der Waals surface area contributed by atoms with Crippen LogP contribution < -0.4 is 5.32 Å². The van der Waals surface area contributed by atoms with E-state index in [-0.39, 0.29) is 6.17 Å². The Bertz CT molecular complexity index is 584. The van der Waals surface area contributed by atoms with Crippen molar-refractivity contribution in [2.24, 2.45) is 11.8 Å². The third-order valence-corrected chi connectivity index (χ3v) is 7.73. The summed E-state index contributed by atoms with van der Waals surface area (Å²) in [7, 11) is 0. The zero-order chi connectivity index (χ0) is 19.5. The molecule has 4 aliphatic rings. The predicted octanol–water partition coefficient (Wildman–Crippen LogP) is 3.16. The van der Waals surface area contributed by atoms with Gasteiger partial charge in [0.15, 0.2) is 0 Å². The van der Waals surface area contributed by atoms with Crippen molar-refractivity contribution >= 4 is 5.91 Å². The van der Waals surface area contributed by atoms with Gasteiger partial charge >= 0.3 is 0 Å².